The summed E-state index contributed by atoms with van der Waals surface area (Å²) in [4.78, 5) is 22.9. The van der Waals surface area contributed by atoms with Gasteiger partial charge in [-0.05, 0) is 19.4 Å². The van der Waals surface area contributed by atoms with Crippen molar-refractivity contribution in [2.75, 3.05) is 6.54 Å². The van der Waals surface area contributed by atoms with Gasteiger partial charge in [-0.1, -0.05) is 30.3 Å². The summed E-state index contributed by atoms with van der Waals surface area (Å²) in [5, 5.41) is 2.92. The molecule has 114 valence electrons. The molecule has 5 nitrogen and oxygen atoms in total. The van der Waals surface area contributed by atoms with Gasteiger partial charge in [0, 0.05) is 19.0 Å². The van der Waals surface area contributed by atoms with E-state index < -0.39 is 5.54 Å². The van der Waals surface area contributed by atoms with E-state index in [0.29, 0.717) is 25.2 Å². The number of rotatable bonds is 3. The summed E-state index contributed by atoms with van der Waals surface area (Å²) < 4.78 is 0. The number of carbonyl (C=O) groups excluding carboxylic acids is 1. The zero-order valence-corrected chi connectivity index (χ0v) is 12.9. The van der Waals surface area contributed by atoms with Gasteiger partial charge in [0.05, 0.1) is 6.42 Å². The Kier molecular flexibility index (Phi) is 3.71. The van der Waals surface area contributed by atoms with Crippen molar-refractivity contribution in [2.24, 2.45) is 4.99 Å². The van der Waals surface area contributed by atoms with Gasteiger partial charge >= 0.3 is 0 Å². The molecule has 2 aliphatic rings. The van der Waals surface area contributed by atoms with Gasteiger partial charge in [-0.2, -0.15) is 0 Å². The molecule has 0 saturated carbocycles. The van der Waals surface area contributed by atoms with Crippen LogP contribution in [0.1, 0.15) is 25.8 Å². The Morgan fingerprint density at radius 1 is 1.45 bits per heavy atom. The maximum absolute atomic E-state index is 12.5. The first kappa shape index (κ1) is 14.7. The third kappa shape index (κ3) is 2.51. The number of hydrogen-bond donors (Lipinski definition) is 1. The maximum Gasteiger partial charge on any atom is 0.282 e. The Morgan fingerprint density at radius 3 is 2.77 bits per heavy atom. The molecular weight excluding hydrogens is 276 g/mol. The van der Waals surface area contributed by atoms with Crippen molar-refractivity contribution in [3.63, 3.8) is 0 Å². The fraction of sp³-hybridized carbons (Fsp3) is 0.471. The fourth-order valence-corrected chi connectivity index (χ4v) is 3.24. The number of benzene rings is 1. The Morgan fingerprint density at radius 2 is 2.18 bits per heavy atom. The van der Waals surface area contributed by atoms with E-state index in [1.807, 2.05) is 30.3 Å². The number of likely N-dealkylation sites (tertiary alicyclic amines) is 1. The summed E-state index contributed by atoms with van der Waals surface area (Å²) in [6.45, 7) is 12.0. The second-order valence-electron chi connectivity index (χ2n) is 6.29. The second-order valence-corrected chi connectivity index (χ2v) is 6.29. The molecule has 0 unspecified atom stereocenters. The second kappa shape index (κ2) is 5.54. The van der Waals surface area contributed by atoms with Gasteiger partial charge in [0.25, 0.3) is 12.1 Å². The predicted molar refractivity (Wildman–Crippen MR) is 85.3 cm³/mol. The van der Waals surface area contributed by atoms with E-state index in [1.54, 1.807) is 0 Å². The topological polar surface area (TPSA) is 49.1 Å². The molecule has 0 bridgehead atoms. The van der Waals surface area contributed by atoms with Gasteiger partial charge in [-0.25, -0.2) is 11.5 Å². The van der Waals surface area contributed by atoms with Crippen molar-refractivity contribution >= 4 is 11.7 Å². The molecule has 0 aromatic heterocycles. The zero-order chi connectivity index (χ0) is 15.7. The minimum atomic E-state index is -0.774. The molecule has 1 saturated heterocycles. The normalized spacial score (nSPS) is 28.0. The average molecular weight is 296 g/mol. The maximum atomic E-state index is 12.5. The van der Waals surface area contributed by atoms with Gasteiger partial charge in [0.2, 0.25) is 0 Å². The summed E-state index contributed by atoms with van der Waals surface area (Å²) in [6.07, 6.45) is 0.850. The lowest BCUT2D eigenvalue weighted by atomic mass is 9.99. The number of hydrogen-bond acceptors (Lipinski definition) is 3. The number of carbonyl (C=O) groups is 1. The van der Waals surface area contributed by atoms with Crippen LogP contribution in [0.3, 0.4) is 0 Å². The molecule has 0 radical (unpaired) electrons. The van der Waals surface area contributed by atoms with Crippen LogP contribution in [-0.2, 0) is 11.2 Å². The van der Waals surface area contributed by atoms with E-state index in [-0.39, 0.29) is 18.1 Å². The van der Waals surface area contributed by atoms with Crippen LogP contribution in [-0.4, -0.2) is 40.9 Å². The van der Waals surface area contributed by atoms with Crippen LogP contribution in [0.25, 0.3) is 4.85 Å². The van der Waals surface area contributed by atoms with Gasteiger partial charge in [-0.15, -0.1) is 0 Å². The molecule has 2 atom stereocenters. The first-order valence-corrected chi connectivity index (χ1v) is 7.60. The number of aliphatic imine (C=N–C) groups is 1. The van der Waals surface area contributed by atoms with Crippen LogP contribution in [0, 0.1) is 6.57 Å². The predicted octanol–water partition coefficient (Wildman–Crippen LogP) is 1.86. The first-order chi connectivity index (χ1) is 10.5. The van der Waals surface area contributed by atoms with Crippen LogP contribution in [0.15, 0.2) is 35.3 Å². The molecule has 1 aromatic carbocycles. The average Bonchev–Trinajstić information content (AvgIpc) is 3.02. The highest BCUT2D eigenvalue weighted by molar-refractivity contribution is 6.09. The van der Waals surface area contributed by atoms with Gasteiger partial charge in [0.15, 0.2) is 5.54 Å². The van der Waals surface area contributed by atoms with Gasteiger partial charge < -0.3 is 5.32 Å². The van der Waals surface area contributed by atoms with E-state index in [4.69, 9.17) is 11.6 Å². The SMILES string of the molecule is [C-]#[N+][C@@H]1C[C@]2(CN1C(C)C)N=C(Cc1ccccc1)NC2=O. The highest BCUT2D eigenvalue weighted by Crippen LogP contribution is 2.35. The van der Waals surface area contributed by atoms with Gasteiger partial charge in [0.1, 0.15) is 5.84 Å². The van der Waals surface area contributed by atoms with Crippen LogP contribution in [0.5, 0.6) is 0 Å². The summed E-state index contributed by atoms with van der Waals surface area (Å²) in [5.74, 6) is 0.653. The van der Waals surface area contributed by atoms with Gasteiger partial charge in [-0.3, -0.25) is 14.6 Å². The zero-order valence-electron chi connectivity index (χ0n) is 12.9. The van der Waals surface area contributed by atoms with Crippen LogP contribution in [0.2, 0.25) is 0 Å². The molecule has 1 N–H and O–H groups in total. The van der Waals surface area contributed by atoms with Crippen molar-refractivity contribution in [1.82, 2.24) is 10.2 Å². The van der Waals surface area contributed by atoms with Crippen LogP contribution < -0.4 is 5.32 Å². The first-order valence-electron chi connectivity index (χ1n) is 7.60. The molecule has 2 heterocycles. The van der Waals surface area contributed by atoms with E-state index in [2.05, 4.69) is 28.9 Å². The molecule has 1 spiro atoms. The van der Waals surface area contributed by atoms with Crippen LogP contribution in [0.4, 0.5) is 0 Å². The monoisotopic (exact) mass is 296 g/mol. The molecule has 1 aromatic rings. The van der Waals surface area contributed by atoms with E-state index in [9.17, 15) is 4.79 Å². The smallest absolute Gasteiger partial charge is 0.282 e. The summed E-state index contributed by atoms with van der Waals surface area (Å²) in [5.41, 5.74) is 0.350. The van der Waals surface area contributed by atoms with Crippen LogP contribution >= 0.6 is 0 Å². The lowest BCUT2D eigenvalue weighted by Gasteiger charge is -2.21. The van der Waals surface area contributed by atoms with E-state index >= 15 is 0 Å². The number of amidine groups is 1. The molecule has 0 aliphatic carbocycles. The Hall–Kier alpha value is -2.19. The van der Waals surface area contributed by atoms with Crippen molar-refractivity contribution in [1.29, 1.82) is 0 Å². The molecule has 5 heteroatoms. The molecule has 3 rings (SSSR count). The minimum Gasteiger partial charge on any atom is -0.312 e. The minimum absolute atomic E-state index is 0.0600. The Labute approximate surface area is 130 Å². The lowest BCUT2D eigenvalue weighted by molar-refractivity contribution is -0.123. The quantitative estimate of drug-likeness (QED) is 0.866. The highest BCUT2D eigenvalue weighted by atomic mass is 16.2. The lowest BCUT2D eigenvalue weighted by Crippen LogP contribution is -2.43. The van der Waals surface area contributed by atoms with Crippen molar-refractivity contribution in [3.05, 3.63) is 47.3 Å². The number of nitrogens with one attached hydrogen (secondary N) is 1. The summed E-state index contributed by atoms with van der Waals surface area (Å²) in [6, 6.07) is 10.2. The molecular formula is C17H20N4O. The van der Waals surface area contributed by atoms with E-state index in [0.717, 1.165) is 5.56 Å². The third-order valence-corrected chi connectivity index (χ3v) is 4.40. The van der Waals surface area contributed by atoms with Crippen molar-refractivity contribution in [3.8, 4) is 0 Å². The third-order valence-electron chi connectivity index (χ3n) is 4.40. The fourth-order valence-electron chi connectivity index (χ4n) is 3.24. The van der Waals surface area contributed by atoms with Crippen molar-refractivity contribution in [2.45, 2.75) is 44.4 Å². The molecule has 1 amide bonds. The highest BCUT2D eigenvalue weighted by Gasteiger charge is 2.55. The molecule has 22 heavy (non-hydrogen) atoms. The number of nitrogens with zero attached hydrogens (tertiary/aromatic N) is 3. The molecule has 2 aliphatic heterocycles. The standard InChI is InChI=1S/C17H20N4O/c1-12(2)21-11-17(10-15(21)18-3)16(22)19-14(20-17)9-13-7-5-4-6-8-13/h4-8,12,15H,9-11H2,1-2H3,(H,19,20,22)/t15-,17+/m0/s1. The van der Waals surface area contributed by atoms with Crippen molar-refractivity contribution < 1.29 is 4.79 Å². The summed E-state index contributed by atoms with van der Waals surface area (Å²) >= 11 is 0. The van der Waals surface area contributed by atoms with E-state index in [1.165, 1.54) is 0 Å². The number of amides is 1. The Bertz CT molecular complexity index is 646. The summed E-state index contributed by atoms with van der Waals surface area (Å²) in [7, 11) is 0. The Balaban J connectivity index is 1.83. The largest absolute Gasteiger partial charge is 0.312 e. The molecule has 1 fully saturated rings.